The van der Waals surface area contributed by atoms with Crippen molar-refractivity contribution in [3.05, 3.63) is 87.8 Å². The first-order valence-electron chi connectivity index (χ1n) is 7.72. The van der Waals surface area contributed by atoms with Crippen molar-refractivity contribution < 1.29 is 4.79 Å². The Morgan fingerprint density at radius 1 is 1.28 bits per heavy atom. The van der Waals surface area contributed by atoms with Crippen LogP contribution in [-0.4, -0.2) is 22.0 Å². The van der Waals surface area contributed by atoms with Gasteiger partial charge in [-0.05, 0) is 35.9 Å². The number of rotatable bonds is 5. The lowest BCUT2D eigenvalue weighted by Crippen LogP contribution is -2.33. The van der Waals surface area contributed by atoms with Gasteiger partial charge >= 0.3 is 0 Å². The molecule has 0 aliphatic carbocycles. The van der Waals surface area contributed by atoms with E-state index in [4.69, 9.17) is 11.6 Å². The minimum Gasteiger partial charge on any atom is -0.348 e. The zero-order chi connectivity index (χ0) is 17.8. The van der Waals surface area contributed by atoms with E-state index in [1.165, 1.54) is 4.57 Å². The Hall–Kier alpha value is -2.92. The summed E-state index contributed by atoms with van der Waals surface area (Å²) >= 11 is 5.91. The van der Waals surface area contributed by atoms with Crippen molar-refractivity contribution in [2.24, 2.45) is 0 Å². The van der Waals surface area contributed by atoms with Gasteiger partial charge in [-0.1, -0.05) is 29.8 Å². The number of hydrogen-bond acceptors (Lipinski definition) is 3. The minimum atomic E-state index is -0.430. The molecule has 0 saturated heterocycles. The molecule has 1 amide bonds. The van der Waals surface area contributed by atoms with Crippen molar-refractivity contribution in [1.29, 1.82) is 0 Å². The molecule has 25 heavy (non-hydrogen) atoms. The van der Waals surface area contributed by atoms with Crippen molar-refractivity contribution >= 4 is 28.5 Å². The molecule has 3 aromatic rings. The number of pyridine rings is 2. The third kappa shape index (κ3) is 3.61. The van der Waals surface area contributed by atoms with Crippen LogP contribution in [0.5, 0.6) is 0 Å². The molecule has 1 aromatic carbocycles. The van der Waals surface area contributed by atoms with Crippen LogP contribution in [0.4, 0.5) is 0 Å². The Morgan fingerprint density at radius 3 is 2.76 bits per heavy atom. The average Bonchev–Trinajstić information content (AvgIpc) is 2.63. The summed E-state index contributed by atoms with van der Waals surface area (Å²) in [4.78, 5) is 29.5. The van der Waals surface area contributed by atoms with Gasteiger partial charge in [-0.25, -0.2) is 4.98 Å². The fourth-order valence-electron chi connectivity index (χ4n) is 2.55. The number of halogens is 1. The number of hydrogen-bond donors (Lipinski definition) is 1. The van der Waals surface area contributed by atoms with E-state index in [1.54, 1.807) is 36.5 Å². The van der Waals surface area contributed by atoms with Gasteiger partial charge in [-0.2, -0.15) is 0 Å². The molecule has 5 nitrogen and oxygen atoms in total. The summed E-state index contributed by atoms with van der Waals surface area (Å²) in [6.45, 7) is 4.15. The van der Waals surface area contributed by atoms with E-state index in [0.717, 1.165) is 10.9 Å². The van der Waals surface area contributed by atoms with Gasteiger partial charge in [0.1, 0.15) is 11.2 Å². The molecule has 0 aliphatic heterocycles. The zero-order valence-corrected chi connectivity index (χ0v) is 14.2. The quantitative estimate of drug-likeness (QED) is 0.717. The van der Waals surface area contributed by atoms with Gasteiger partial charge in [-0.3, -0.25) is 14.2 Å². The average molecular weight is 354 g/mol. The van der Waals surface area contributed by atoms with Crippen LogP contribution < -0.4 is 10.9 Å². The molecular weight excluding hydrogens is 338 g/mol. The summed E-state index contributed by atoms with van der Waals surface area (Å²) in [5.41, 5.74) is 1.11. The fraction of sp³-hybridized carbons (Fsp3) is 0.105. The number of nitrogens with zero attached hydrogens (tertiary/aromatic N) is 2. The van der Waals surface area contributed by atoms with Crippen LogP contribution in [0.3, 0.4) is 0 Å². The molecule has 3 rings (SSSR count). The maximum Gasteiger partial charge on any atom is 0.265 e. The molecule has 6 heteroatoms. The van der Waals surface area contributed by atoms with Gasteiger partial charge in [0.25, 0.3) is 11.5 Å². The number of carbonyl (C=O) groups is 1. The van der Waals surface area contributed by atoms with Crippen molar-refractivity contribution in [3.8, 4) is 0 Å². The number of aromatic nitrogens is 2. The highest BCUT2D eigenvalue weighted by Gasteiger charge is 2.16. The van der Waals surface area contributed by atoms with Crippen LogP contribution in [0, 0.1) is 0 Å². The maximum absolute atomic E-state index is 12.9. The summed E-state index contributed by atoms with van der Waals surface area (Å²) in [5.74, 6) is -0.430. The maximum atomic E-state index is 12.9. The van der Waals surface area contributed by atoms with E-state index in [1.807, 2.05) is 18.2 Å². The summed E-state index contributed by atoms with van der Waals surface area (Å²) in [6, 6.07) is 12.4. The number of amides is 1. The molecule has 1 N–H and O–H groups in total. The summed E-state index contributed by atoms with van der Waals surface area (Å²) in [5, 5.41) is 3.99. The first kappa shape index (κ1) is 16.9. The lowest BCUT2D eigenvalue weighted by Gasteiger charge is -2.12. The highest BCUT2D eigenvalue weighted by atomic mass is 35.5. The standard InChI is InChI=1S/C19H16ClN3O2/c1-2-9-22-18(24)16-11-14-4-3-10-21-17(14)23(19(16)25)12-13-5-7-15(20)8-6-13/h2-8,10-11H,1,9,12H2,(H,22,24). The van der Waals surface area contributed by atoms with E-state index >= 15 is 0 Å². The van der Waals surface area contributed by atoms with Gasteiger partial charge in [0, 0.05) is 23.2 Å². The van der Waals surface area contributed by atoms with Crippen LogP contribution >= 0.6 is 11.6 Å². The van der Waals surface area contributed by atoms with E-state index in [2.05, 4.69) is 16.9 Å². The molecule has 2 heterocycles. The van der Waals surface area contributed by atoms with Crippen molar-refractivity contribution in [3.63, 3.8) is 0 Å². The predicted octanol–water partition coefficient (Wildman–Crippen LogP) is 3.01. The Balaban J connectivity index is 2.13. The second-order valence-electron chi connectivity index (χ2n) is 5.49. The number of carbonyl (C=O) groups excluding carboxylic acids is 1. The molecule has 126 valence electrons. The molecule has 0 spiro atoms. The molecular formula is C19H16ClN3O2. The fourth-order valence-corrected chi connectivity index (χ4v) is 2.67. The second-order valence-corrected chi connectivity index (χ2v) is 5.93. The number of nitrogens with one attached hydrogen (secondary N) is 1. The number of fused-ring (bicyclic) bond motifs is 1. The first-order chi connectivity index (χ1) is 12.1. The largest absolute Gasteiger partial charge is 0.348 e. The van der Waals surface area contributed by atoms with Crippen LogP contribution in [0.1, 0.15) is 15.9 Å². The molecule has 0 bridgehead atoms. The summed E-state index contributed by atoms with van der Waals surface area (Å²) in [7, 11) is 0. The summed E-state index contributed by atoms with van der Waals surface area (Å²) < 4.78 is 1.50. The molecule has 0 fully saturated rings. The molecule has 0 unspecified atom stereocenters. The highest BCUT2D eigenvalue weighted by Crippen LogP contribution is 2.14. The normalized spacial score (nSPS) is 10.6. The Morgan fingerprint density at radius 2 is 2.04 bits per heavy atom. The predicted molar refractivity (Wildman–Crippen MR) is 99.1 cm³/mol. The first-order valence-corrected chi connectivity index (χ1v) is 8.10. The van der Waals surface area contributed by atoms with Crippen molar-refractivity contribution in [2.45, 2.75) is 6.54 Å². The van der Waals surface area contributed by atoms with Gasteiger partial charge in [0.05, 0.1) is 6.54 Å². The summed E-state index contributed by atoms with van der Waals surface area (Å²) in [6.07, 6.45) is 3.18. The molecule has 0 saturated carbocycles. The van der Waals surface area contributed by atoms with Crippen molar-refractivity contribution in [2.75, 3.05) is 6.54 Å². The van der Waals surface area contributed by atoms with Crippen molar-refractivity contribution in [1.82, 2.24) is 14.9 Å². The minimum absolute atomic E-state index is 0.0799. The van der Waals surface area contributed by atoms with Gasteiger partial charge in [0.2, 0.25) is 0 Å². The zero-order valence-electron chi connectivity index (χ0n) is 13.4. The lowest BCUT2D eigenvalue weighted by molar-refractivity contribution is 0.0956. The van der Waals surface area contributed by atoms with Crippen LogP contribution in [0.15, 0.2) is 66.1 Å². The second kappa shape index (κ2) is 7.32. The van der Waals surface area contributed by atoms with Gasteiger partial charge in [0.15, 0.2) is 0 Å². The highest BCUT2D eigenvalue weighted by molar-refractivity contribution is 6.30. The van der Waals surface area contributed by atoms with E-state index in [-0.39, 0.29) is 11.1 Å². The Bertz CT molecular complexity index is 994. The topological polar surface area (TPSA) is 64.0 Å². The molecule has 0 radical (unpaired) electrons. The van der Waals surface area contributed by atoms with E-state index < -0.39 is 5.91 Å². The Kier molecular flexibility index (Phi) is 4.95. The van der Waals surface area contributed by atoms with Crippen LogP contribution in [0.2, 0.25) is 5.02 Å². The van der Waals surface area contributed by atoms with Crippen LogP contribution in [0.25, 0.3) is 11.0 Å². The van der Waals surface area contributed by atoms with Crippen LogP contribution in [-0.2, 0) is 6.54 Å². The number of benzene rings is 1. The molecule has 0 aliphatic rings. The van der Waals surface area contributed by atoms with E-state index in [0.29, 0.717) is 23.8 Å². The van der Waals surface area contributed by atoms with Gasteiger partial charge in [-0.15, -0.1) is 6.58 Å². The smallest absolute Gasteiger partial charge is 0.265 e. The monoisotopic (exact) mass is 353 g/mol. The SMILES string of the molecule is C=CCNC(=O)c1cc2cccnc2n(Cc2ccc(Cl)cc2)c1=O. The molecule has 2 aromatic heterocycles. The Labute approximate surface area is 149 Å². The lowest BCUT2D eigenvalue weighted by atomic mass is 10.1. The third-order valence-electron chi connectivity index (χ3n) is 3.75. The van der Waals surface area contributed by atoms with E-state index in [9.17, 15) is 9.59 Å². The van der Waals surface area contributed by atoms with Gasteiger partial charge < -0.3 is 5.32 Å². The molecule has 0 atom stereocenters. The third-order valence-corrected chi connectivity index (χ3v) is 4.01.